The number of nitrogens with zero attached hydrogens (tertiary/aromatic N) is 5. The molecule has 1 aliphatic heterocycles. The quantitative estimate of drug-likeness (QED) is 0.258. The van der Waals surface area contributed by atoms with Gasteiger partial charge >= 0.3 is 6.09 Å². The van der Waals surface area contributed by atoms with E-state index < -0.39 is 29.1 Å². The van der Waals surface area contributed by atoms with Gasteiger partial charge < -0.3 is 30.7 Å². The van der Waals surface area contributed by atoms with Crippen molar-refractivity contribution >= 4 is 34.7 Å². The number of carbonyl (C=O) groups excluding carboxylic acids is 4. The molecule has 13 heteroatoms. The highest BCUT2D eigenvalue weighted by atomic mass is 16.6. The molecular formula is C31H37N7O6. The summed E-state index contributed by atoms with van der Waals surface area (Å²) < 4.78 is 6.66. The largest absolute Gasteiger partial charge is 0.444 e. The minimum atomic E-state index is -1.74. The van der Waals surface area contributed by atoms with E-state index in [0.29, 0.717) is 41.8 Å². The van der Waals surface area contributed by atoms with E-state index in [1.54, 1.807) is 64.0 Å². The third-order valence-corrected chi connectivity index (χ3v) is 6.94. The van der Waals surface area contributed by atoms with Crippen molar-refractivity contribution in [1.82, 2.24) is 29.9 Å². The van der Waals surface area contributed by atoms with Gasteiger partial charge in [0.15, 0.2) is 11.5 Å². The lowest BCUT2D eigenvalue weighted by atomic mass is 10.0. The zero-order valence-corrected chi connectivity index (χ0v) is 25.5. The maximum Gasteiger partial charge on any atom is 0.407 e. The van der Waals surface area contributed by atoms with Crippen molar-refractivity contribution in [1.29, 1.82) is 0 Å². The summed E-state index contributed by atoms with van der Waals surface area (Å²) in [7, 11) is 3.29. The molecule has 0 bridgehead atoms. The fourth-order valence-corrected chi connectivity index (χ4v) is 4.67. The van der Waals surface area contributed by atoms with Gasteiger partial charge in [0.05, 0.1) is 5.52 Å². The Kier molecular flexibility index (Phi) is 9.24. The van der Waals surface area contributed by atoms with Crippen LogP contribution in [0.1, 0.15) is 61.6 Å². The number of hydrogen-bond donors (Lipinski definition) is 3. The highest BCUT2D eigenvalue weighted by molar-refractivity contribution is 6.04. The second-order valence-corrected chi connectivity index (χ2v) is 11.7. The molecule has 1 atom stereocenters. The Morgan fingerprint density at radius 3 is 2.64 bits per heavy atom. The lowest BCUT2D eigenvalue weighted by molar-refractivity contribution is -0.137. The molecule has 44 heavy (non-hydrogen) atoms. The van der Waals surface area contributed by atoms with E-state index in [2.05, 4.69) is 27.2 Å². The lowest BCUT2D eigenvalue weighted by Gasteiger charge is -2.20. The molecule has 3 aromatic rings. The number of alkyl carbamates (subject to hydrolysis) is 1. The van der Waals surface area contributed by atoms with Crippen molar-refractivity contribution in [3.8, 4) is 17.7 Å². The topological polar surface area (TPSA) is 173 Å². The predicted molar refractivity (Wildman–Crippen MR) is 161 cm³/mol. The van der Waals surface area contributed by atoms with E-state index in [9.17, 15) is 24.3 Å². The number of pyridine rings is 1. The van der Waals surface area contributed by atoms with Gasteiger partial charge in [0, 0.05) is 63.7 Å². The molecule has 4 amide bonds. The number of nitrogens with one attached hydrogen (secondary N) is 1. The Bertz CT molecular complexity index is 1670. The number of fused-ring (bicyclic) bond motifs is 1. The lowest BCUT2D eigenvalue weighted by Crippen LogP contribution is -2.37. The number of benzene rings is 1. The minimum Gasteiger partial charge on any atom is -0.444 e. The molecule has 1 saturated heterocycles. The summed E-state index contributed by atoms with van der Waals surface area (Å²) in [6.45, 7) is 6.33. The van der Waals surface area contributed by atoms with Crippen LogP contribution in [0.25, 0.3) is 16.7 Å². The van der Waals surface area contributed by atoms with Crippen LogP contribution in [0.5, 0.6) is 0 Å². The van der Waals surface area contributed by atoms with Crippen molar-refractivity contribution in [3.05, 3.63) is 53.3 Å². The molecule has 232 valence electrons. The first kappa shape index (κ1) is 32.0. The number of likely N-dealkylation sites (tertiary alicyclic amines) is 1. The summed E-state index contributed by atoms with van der Waals surface area (Å²) >= 11 is 0. The van der Waals surface area contributed by atoms with Gasteiger partial charge in [0.2, 0.25) is 11.5 Å². The Morgan fingerprint density at radius 1 is 1.23 bits per heavy atom. The number of likely N-dealkylation sites (N-methyl/N-ethyl adjacent to an activating group) is 1. The molecule has 1 aromatic carbocycles. The molecule has 4 rings (SSSR count). The maximum absolute atomic E-state index is 12.7. The molecule has 0 spiro atoms. The van der Waals surface area contributed by atoms with Crippen LogP contribution in [-0.4, -0.2) is 91.9 Å². The van der Waals surface area contributed by atoms with Crippen LogP contribution in [-0.2, 0) is 20.9 Å². The number of amides is 4. The van der Waals surface area contributed by atoms with E-state index in [4.69, 9.17) is 10.5 Å². The van der Waals surface area contributed by atoms with E-state index in [-0.39, 0.29) is 31.0 Å². The van der Waals surface area contributed by atoms with Gasteiger partial charge in [-0.1, -0.05) is 17.9 Å². The number of nitrogens with two attached hydrogens (primary N) is 1. The zero-order valence-electron chi connectivity index (χ0n) is 25.5. The second-order valence-electron chi connectivity index (χ2n) is 11.7. The summed E-state index contributed by atoms with van der Waals surface area (Å²) in [5.41, 5.74) is 5.17. The van der Waals surface area contributed by atoms with E-state index in [1.165, 1.54) is 15.8 Å². The van der Waals surface area contributed by atoms with Crippen molar-refractivity contribution < 1.29 is 29.0 Å². The van der Waals surface area contributed by atoms with E-state index >= 15 is 0 Å². The first-order valence-corrected chi connectivity index (χ1v) is 14.2. The van der Waals surface area contributed by atoms with Crippen molar-refractivity contribution in [2.24, 2.45) is 5.73 Å². The number of ether oxygens (including phenoxy) is 1. The highest BCUT2D eigenvalue weighted by Gasteiger charge is 2.42. The number of aromatic nitrogens is 3. The number of rotatable bonds is 8. The molecule has 1 aliphatic rings. The summed E-state index contributed by atoms with van der Waals surface area (Å²) in [5.74, 6) is 4.62. The monoisotopic (exact) mass is 603 g/mol. The predicted octanol–water partition coefficient (Wildman–Crippen LogP) is 1.73. The van der Waals surface area contributed by atoms with Crippen molar-refractivity contribution in [2.45, 2.75) is 57.8 Å². The molecular weight excluding hydrogens is 566 g/mol. The van der Waals surface area contributed by atoms with E-state index in [1.807, 2.05) is 6.07 Å². The molecule has 4 N–H and O–H groups in total. The fourth-order valence-electron chi connectivity index (χ4n) is 4.67. The molecule has 1 unspecified atom stereocenters. The normalized spacial score (nSPS) is 16.4. The maximum atomic E-state index is 12.7. The van der Waals surface area contributed by atoms with Crippen molar-refractivity contribution in [2.75, 3.05) is 27.2 Å². The van der Waals surface area contributed by atoms with Gasteiger partial charge in [0.25, 0.3) is 11.8 Å². The molecule has 0 radical (unpaired) electrons. The van der Waals surface area contributed by atoms with Gasteiger partial charge in [-0.2, -0.15) is 5.10 Å². The number of carbonyl (C=O) groups is 4. The number of hydrogen-bond acceptors (Lipinski definition) is 8. The summed E-state index contributed by atoms with van der Waals surface area (Å²) in [4.78, 5) is 56.4. The van der Waals surface area contributed by atoms with Crippen LogP contribution in [0, 0.1) is 11.8 Å². The highest BCUT2D eigenvalue weighted by Crippen LogP contribution is 2.25. The Labute approximate surface area is 255 Å². The van der Waals surface area contributed by atoms with Crippen LogP contribution in [0.2, 0.25) is 0 Å². The average molecular weight is 604 g/mol. The zero-order chi connectivity index (χ0) is 32.2. The summed E-state index contributed by atoms with van der Waals surface area (Å²) in [6, 6.07) is 8.62. The SMILES string of the molecule is CN(Cc1ccc2c(c1)c(C(N)=O)nn2-c1cc(C#CC2(O)CCN(C)C2=O)ccn1)C(=O)CCCNC(=O)OC(C)(C)C. The first-order valence-electron chi connectivity index (χ1n) is 14.2. The summed E-state index contributed by atoms with van der Waals surface area (Å²) in [6.07, 6.45) is 1.88. The number of aliphatic hydroxyl groups is 1. The van der Waals surface area contributed by atoms with Crippen LogP contribution >= 0.6 is 0 Å². The fraction of sp³-hybridized carbons (Fsp3) is 0.419. The third kappa shape index (κ3) is 7.51. The molecule has 0 saturated carbocycles. The molecule has 3 heterocycles. The standard InChI is InChI=1S/C31H37N7O6/c1-30(2,3)44-29(42)34-14-6-7-25(39)37(5)19-21-8-9-23-22(17-21)26(27(32)40)35-38(23)24-18-20(11-15-33-24)10-12-31(43)13-16-36(4)28(31)41/h8-9,11,15,17-18,43H,6-7,13-14,16,19H2,1-5H3,(H2,32,40)(H,34,42). The third-order valence-electron chi connectivity index (χ3n) is 6.94. The van der Waals surface area contributed by atoms with Gasteiger partial charge in [-0.15, -0.1) is 0 Å². The first-order chi connectivity index (χ1) is 20.7. The Balaban J connectivity index is 1.48. The number of primary amides is 1. The van der Waals surface area contributed by atoms with Crippen LogP contribution in [0.3, 0.4) is 0 Å². The Morgan fingerprint density at radius 2 is 1.98 bits per heavy atom. The van der Waals surface area contributed by atoms with Gasteiger partial charge in [-0.3, -0.25) is 14.4 Å². The molecule has 13 nitrogen and oxygen atoms in total. The van der Waals surface area contributed by atoms with E-state index in [0.717, 1.165) is 5.56 Å². The molecule has 1 fully saturated rings. The molecule has 2 aromatic heterocycles. The minimum absolute atomic E-state index is 0.0382. The van der Waals surface area contributed by atoms with Gasteiger partial charge in [0.1, 0.15) is 5.60 Å². The molecule has 0 aliphatic carbocycles. The summed E-state index contributed by atoms with van der Waals surface area (Å²) in [5, 5.41) is 18.2. The van der Waals surface area contributed by atoms with Crippen LogP contribution in [0.4, 0.5) is 4.79 Å². The van der Waals surface area contributed by atoms with Gasteiger partial charge in [-0.25, -0.2) is 14.5 Å². The van der Waals surface area contributed by atoms with Crippen molar-refractivity contribution in [3.63, 3.8) is 0 Å². The smallest absolute Gasteiger partial charge is 0.407 e. The van der Waals surface area contributed by atoms with Gasteiger partial charge in [-0.05, 0) is 57.0 Å². The van der Waals surface area contributed by atoms with Crippen LogP contribution < -0.4 is 11.1 Å². The second kappa shape index (κ2) is 12.7. The van der Waals surface area contributed by atoms with Crippen LogP contribution in [0.15, 0.2) is 36.5 Å². The average Bonchev–Trinajstić information content (AvgIpc) is 3.46. The Hall–Kier alpha value is -4.96.